The molecule has 26 heavy (non-hydrogen) atoms. The first-order valence-electron chi connectivity index (χ1n) is 7.68. The van der Waals surface area contributed by atoms with Crippen molar-refractivity contribution in [3.8, 4) is 5.75 Å². The van der Waals surface area contributed by atoms with Gasteiger partial charge in [0, 0.05) is 5.02 Å². The first-order valence-corrected chi connectivity index (χ1v) is 9.45. The van der Waals surface area contributed by atoms with E-state index in [9.17, 15) is 13.2 Å². The van der Waals surface area contributed by atoms with Crippen molar-refractivity contribution in [3.05, 3.63) is 59.1 Å². The largest absolute Gasteiger partial charge is 0.497 e. The second-order valence-electron chi connectivity index (χ2n) is 5.57. The molecule has 0 unspecified atom stereocenters. The lowest BCUT2D eigenvalue weighted by Crippen LogP contribution is -2.37. The van der Waals surface area contributed by atoms with Gasteiger partial charge in [-0.15, -0.1) is 0 Å². The fourth-order valence-corrected chi connectivity index (χ4v) is 4.68. The molecule has 0 bridgehead atoms. The average molecular weight is 397 g/mol. The van der Waals surface area contributed by atoms with Crippen molar-refractivity contribution in [1.82, 2.24) is 4.31 Å². The normalized spacial score (nSPS) is 18.7. The minimum atomic E-state index is -4.11. The molecule has 7 nitrogen and oxygen atoms in total. The summed E-state index contributed by atoms with van der Waals surface area (Å²) < 4.78 is 37.8. The Morgan fingerprint density at radius 3 is 2.46 bits per heavy atom. The van der Waals surface area contributed by atoms with Crippen LogP contribution in [0.4, 0.5) is 10.5 Å². The van der Waals surface area contributed by atoms with Crippen molar-refractivity contribution in [3.63, 3.8) is 0 Å². The highest BCUT2D eigenvalue weighted by Gasteiger charge is 2.48. The van der Waals surface area contributed by atoms with Gasteiger partial charge >= 0.3 is 16.3 Å². The maximum Gasteiger partial charge on any atom is 0.424 e. The lowest BCUT2D eigenvalue weighted by atomic mass is 10.1. The number of hydrogen-bond acceptors (Lipinski definition) is 5. The van der Waals surface area contributed by atoms with Crippen LogP contribution in [0.5, 0.6) is 5.75 Å². The van der Waals surface area contributed by atoms with Crippen LogP contribution in [0.1, 0.15) is 11.6 Å². The fourth-order valence-electron chi connectivity index (χ4n) is 2.85. The SMILES string of the molecule is COC(=O)N1C[C@H](c2cccc(OC)c2)N(c2ccc(Cl)cc2)S1(=O)=O. The molecular formula is C17H17ClN2O5S. The molecular weight excluding hydrogens is 380 g/mol. The third-order valence-electron chi connectivity index (χ3n) is 4.09. The van der Waals surface area contributed by atoms with E-state index in [0.29, 0.717) is 26.3 Å². The number of ether oxygens (including phenoxy) is 2. The Labute approximate surface area is 156 Å². The first kappa shape index (κ1) is 18.3. The second-order valence-corrected chi connectivity index (χ2v) is 7.74. The van der Waals surface area contributed by atoms with Gasteiger partial charge in [0.25, 0.3) is 0 Å². The molecule has 2 aromatic carbocycles. The summed E-state index contributed by atoms with van der Waals surface area (Å²) in [5, 5.41) is 0.480. The highest BCUT2D eigenvalue weighted by molar-refractivity contribution is 7.91. The molecule has 2 aromatic rings. The Hall–Kier alpha value is -2.45. The van der Waals surface area contributed by atoms with Gasteiger partial charge in [-0.3, -0.25) is 0 Å². The van der Waals surface area contributed by atoms with Crippen LogP contribution in [-0.4, -0.2) is 39.6 Å². The summed E-state index contributed by atoms with van der Waals surface area (Å²) in [5.74, 6) is 0.590. The molecule has 1 fully saturated rings. The molecule has 0 radical (unpaired) electrons. The van der Waals surface area contributed by atoms with E-state index in [4.69, 9.17) is 16.3 Å². The summed E-state index contributed by atoms with van der Waals surface area (Å²) in [6.45, 7) is -0.0786. The molecule has 0 N–H and O–H groups in total. The molecule has 0 saturated carbocycles. The Balaban J connectivity index is 2.13. The van der Waals surface area contributed by atoms with Gasteiger partial charge in [-0.1, -0.05) is 23.7 Å². The van der Waals surface area contributed by atoms with Gasteiger partial charge in [0.15, 0.2) is 0 Å². The molecule has 1 aliphatic heterocycles. The zero-order valence-electron chi connectivity index (χ0n) is 14.1. The summed E-state index contributed by atoms with van der Waals surface area (Å²) in [6.07, 6.45) is -0.936. The van der Waals surface area contributed by atoms with E-state index in [1.165, 1.54) is 11.4 Å². The standard InChI is InChI=1S/C17H17ClN2O5S/c1-24-15-5-3-4-12(10-15)16-11-19(17(21)25-2)26(22,23)20(16)14-8-6-13(18)7-9-14/h3-10,16H,11H2,1-2H3/t16-/m1/s1. The monoisotopic (exact) mass is 396 g/mol. The van der Waals surface area contributed by atoms with Crippen LogP contribution >= 0.6 is 11.6 Å². The predicted molar refractivity (Wildman–Crippen MR) is 97.7 cm³/mol. The van der Waals surface area contributed by atoms with Crippen LogP contribution in [0.2, 0.25) is 5.02 Å². The molecule has 1 amide bonds. The number of halogens is 1. The van der Waals surface area contributed by atoms with E-state index < -0.39 is 22.3 Å². The van der Waals surface area contributed by atoms with Crippen molar-refractivity contribution in [2.75, 3.05) is 25.1 Å². The van der Waals surface area contributed by atoms with Gasteiger partial charge in [0.2, 0.25) is 0 Å². The predicted octanol–water partition coefficient (Wildman–Crippen LogP) is 3.22. The maximum atomic E-state index is 13.0. The van der Waals surface area contributed by atoms with Crippen LogP contribution in [0.25, 0.3) is 0 Å². The number of hydrogen-bond donors (Lipinski definition) is 0. The third-order valence-corrected chi connectivity index (χ3v) is 6.16. The lowest BCUT2D eigenvalue weighted by molar-refractivity contribution is 0.150. The number of amides is 1. The van der Waals surface area contributed by atoms with Crippen molar-refractivity contribution >= 4 is 33.6 Å². The van der Waals surface area contributed by atoms with Gasteiger partial charge in [-0.05, 0) is 42.0 Å². The number of methoxy groups -OCH3 is 2. The molecule has 3 rings (SSSR count). The molecule has 0 spiro atoms. The fraction of sp³-hybridized carbons (Fsp3) is 0.235. The van der Waals surface area contributed by atoms with Crippen LogP contribution in [0, 0.1) is 0 Å². The van der Waals surface area contributed by atoms with E-state index in [-0.39, 0.29) is 6.54 Å². The highest BCUT2D eigenvalue weighted by atomic mass is 35.5. The second kappa shape index (κ2) is 7.05. The van der Waals surface area contributed by atoms with Gasteiger partial charge in [-0.2, -0.15) is 12.7 Å². The van der Waals surface area contributed by atoms with Gasteiger partial charge in [0.1, 0.15) is 5.75 Å². The van der Waals surface area contributed by atoms with Crippen molar-refractivity contribution in [2.24, 2.45) is 0 Å². The number of benzene rings is 2. The minimum absolute atomic E-state index is 0.0786. The van der Waals surface area contributed by atoms with E-state index in [2.05, 4.69) is 4.74 Å². The van der Waals surface area contributed by atoms with Gasteiger partial charge < -0.3 is 9.47 Å². The molecule has 9 heteroatoms. The lowest BCUT2D eigenvalue weighted by Gasteiger charge is -2.24. The molecule has 1 atom stereocenters. The van der Waals surface area contributed by atoms with Crippen LogP contribution < -0.4 is 9.04 Å². The Morgan fingerprint density at radius 2 is 1.85 bits per heavy atom. The molecule has 138 valence electrons. The first-order chi connectivity index (χ1) is 12.4. The van der Waals surface area contributed by atoms with E-state index >= 15 is 0 Å². The maximum absolute atomic E-state index is 13.0. The van der Waals surface area contributed by atoms with Gasteiger partial charge in [0.05, 0.1) is 32.5 Å². The Bertz CT molecular complexity index is 917. The topological polar surface area (TPSA) is 76.2 Å². The Morgan fingerprint density at radius 1 is 1.15 bits per heavy atom. The molecule has 0 aromatic heterocycles. The average Bonchev–Trinajstić information content (AvgIpc) is 2.93. The van der Waals surface area contributed by atoms with E-state index in [1.807, 2.05) is 0 Å². The molecule has 1 aliphatic rings. The third kappa shape index (κ3) is 3.17. The Kier molecular flexibility index (Phi) is 4.97. The summed E-state index contributed by atoms with van der Waals surface area (Å²) >= 11 is 5.91. The zero-order valence-corrected chi connectivity index (χ0v) is 15.7. The summed E-state index contributed by atoms with van der Waals surface area (Å²) in [4.78, 5) is 12.0. The van der Waals surface area contributed by atoms with Crippen LogP contribution in [0.15, 0.2) is 48.5 Å². The van der Waals surface area contributed by atoms with Crippen LogP contribution in [0.3, 0.4) is 0 Å². The van der Waals surface area contributed by atoms with Gasteiger partial charge in [-0.25, -0.2) is 9.10 Å². The molecule has 1 saturated heterocycles. The number of nitrogens with zero attached hydrogens (tertiary/aromatic N) is 2. The van der Waals surface area contributed by atoms with Crippen molar-refractivity contribution < 1.29 is 22.7 Å². The summed E-state index contributed by atoms with van der Waals surface area (Å²) in [5.41, 5.74) is 1.09. The van der Waals surface area contributed by atoms with E-state index in [0.717, 1.165) is 7.11 Å². The minimum Gasteiger partial charge on any atom is -0.497 e. The summed E-state index contributed by atoms with van der Waals surface area (Å²) in [6, 6.07) is 12.8. The van der Waals surface area contributed by atoms with Crippen molar-refractivity contribution in [1.29, 1.82) is 0 Å². The van der Waals surface area contributed by atoms with E-state index in [1.54, 1.807) is 48.5 Å². The quantitative estimate of drug-likeness (QED) is 0.796. The van der Waals surface area contributed by atoms with Crippen LogP contribution in [-0.2, 0) is 14.9 Å². The smallest absolute Gasteiger partial charge is 0.424 e. The number of anilines is 1. The highest BCUT2D eigenvalue weighted by Crippen LogP contribution is 2.39. The summed E-state index contributed by atoms with van der Waals surface area (Å²) in [7, 11) is -1.44. The molecule has 1 heterocycles. The number of rotatable bonds is 3. The number of carbonyl (C=O) groups excluding carboxylic acids is 1. The molecule has 0 aliphatic carbocycles. The zero-order chi connectivity index (χ0) is 18.9. The van der Waals surface area contributed by atoms with Crippen molar-refractivity contribution in [2.45, 2.75) is 6.04 Å². The number of carbonyl (C=O) groups is 1.